The van der Waals surface area contributed by atoms with E-state index in [-0.39, 0.29) is 12.1 Å². The fourth-order valence-corrected chi connectivity index (χ4v) is 2.33. The highest BCUT2D eigenvalue weighted by atomic mass is 16.5. The van der Waals surface area contributed by atoms with Gasteiger partial charge >= 0.3 is 5.97 Å². The third-order valence-electron chi connectivity index (χ3n) is 3.28. The van der Waals surface area contributed by atoms with E-state index in [1.54, 1.807) is 6.07 Å². The lowest BCUT2D eigenvalue weighted by atomic mass is 10.1. The molecule has 0 aromatic heterocycles. The van der Waals surface area contributed by atoms with E-state index < -0.39 is 0 Å². The van der Waals surface area contributed by atoms with Crippen LogP contribution < -0.4 is 10.6 Å². The topological polar surface area (TPSA) is 64.8 Å². The molecular weight excluding hydrogens is 244 g/mol. The minimum absolute atomic E-state index is 0.129. The fourth-order valence-electron chi connectivity index (χ4n) is 2.33. The lowest BCUT2D eigenvalue weighted by Crippen LogP contribution is -2.43. The van der Waals surface area contributed by atoms with Gasteiger partial charge in [-0.05, 0) is 25.1 Å². The summed E-state index contributed by atoms with van der Waals surface area (Å²) in [7, 11) is 1.40. The van der Waals surface area contributed by atoms with Crippen molar-refractivity contribution >= 4 is 11.7 Å². The first kappa shape index (κ1) is 13.8. The molecule has 1 aliphatic rings. The van der Waals surface area contributed by atoms with Gasteiger partial charge in [-0.2, -0.15) is 0 Å². The molecule has 0 bridgehead atoms. The number of carbonyl (C=O) groups excluding carboxylic acids is 1. The average Bonchev–Trinajstić information content (AvgIpc) is 2.47. The molecule has 2 N–H and O–H groups in total. The molecule has 1 saturated heterocycles. The van der Waals surface area contributed by atoms with Crippen molar-refractivity contribution < 1.29 is 14.3 Å². The van der Waals surface area contributed by atoms with E-state index in [1.165, 1.54) is 7.11 Å². The number of carbonyl (C=O) groups is 1. The molecular formula is C14H20N2O3. The molecule has 0 amide bonds. The number of rotatable bonds is 4. The van der Waals surface area contributed by atoms with Crippen molar-refractivity contribution in [2.75, 3.05) is 38.3 Å². The maximum absolute atomic E-state index is 11.8. The van der Waals surface area contributed by atoms with E-state index in [0.717, 1.165) is 25.2 Å². The van der Waals surface area contributed by atoms with Crippen molar-refractivity contribution in [3.05, 3.63) is 29.8 Å². The first-order chi connectivity index (χ1) is 9.26. The van der Waals surface area contributed by atoms with Crippen molar-refractivity contribution in [1.29, 1.82) is 0 Å². The highest BCUT2D eigenvalue weighted by Crippen LogP contribution is 2.23. The number of esters is 1. The summed E-state index contributed by atoms with van der Waals surface area (Å²) in [5.74, 6) is -0.308. The molecule has 2 rings (SSSR count). The van der Waals surface area contributed by atoms with E-state index in [4.69, 9.17) is 15.2 Å². The SMILES string of the molecule is COC(=O)c1ccccc1N1CCOC(CCN)C1. The predicted molar refractivity (Wildman–Crippen MR) is 73.4 cm³/mol. The first-order valence-corrected chi connectivity index (χ1v) is 6.50. The minimum atomic E-state index is -0.308. The molecule has 0 saturated carbocycles. The van der Waals surface area contributed by atoms with Crippen LogP contribution in [0.3, 0.4) is 0 Å². The van der Waals surface area contributed by atoms with Crippen LogP contribution in [-0.2, 0) is 9.47 Å². The first-order valence-electron chi connectivity index (χ1n) is 6.50. The second-order valence-corrected chi connectivity index (χ2v) is 4.52. The fraction of sp³-hybridized carbons (Fsp3) is 0.500. The van der Waals surface area contributed by atoms with Crippen LogP contribution in [-0.4, -0.2) is 45.4 Å². The molecule has 104 valence electrons. The molecule has 1 fully saturated rings. The number of morpholine rings is 1. The zero-order valence-corrected chi connectivity index (χ0v) is 11.2. The van der Waals surface area contributed by atoms with Gasteiger partial charge in [0.05, 0.1) is 31.1 Å². The van der Waals surface area contributed by atoms with Gasteiger partial charge in [0.2, 0.25) is 0 Å². The maximum Gasteiger partial charge on any atom is 0.339 e. The van der Waals surface area contributed by atoms with Crippen molar-refractivity contribution in [3.8, 4) is 0 Å². The van der Waals surface area contributed by atoms with Gasteiger partial charge in [0.15, 0.2) is 0 Å². The molecule has 1 unspecified atom stereocenters. The summed E-state index contributed by atoms with van der Waals surface area (Å²) in [5.41, 5.74) is 7.07. The van der Waals surface area contributed by atoms with E-state index in [9.17, 15) is 4.79 Å². The van der Waals surface area contributed by atoms with Crippen LogP contribution in [0.15, 0.2) is 24.3 Å². The Kier molecular flexibility index (Phi) is 4.76. The molecule has 5 heteroatoms. The second-order valence-electron chi connectivity index (χ2n) is 4.52. The third kappa shape index (κ3) is 3.24. The molecule has 1 aromatic rings. The quantitative estimate of drug-likeness (QED) is 0.823. The number of hydrogen-bond acceptors (Lipinski definition) is 5. The predicted octanol–water partition coefficient (Wildman–Crippen LogP) is 1.03. The van der Waals surface area contributed by atoms with Crippen LogP contribution in [0.1, 0.15) is 16.8 Å². The third-order valence-corrected chi connectivity index (χ3v) is 3.28. The largest absolute Gasteiger partial charge is 0.465 e. The van der Waals surface area contributed by atoms with Gasteiger partial charge in [0, 0.05) is 13.1 Å². The van der Waals surface area contributed by atoms with Crippen molar-refractivity contribution in [3.63, 3.8) is 0 Å². The Morgan fingerprint density at radius 1 is 1.53 bits per heavy atom. The lowest BCUT2D eigenvalue weighted by Gasteiger charge is -2.35. The zero-order valence-electron chi connectivity index (χ0n) is 11.2. The Morgan fingerprint density at radius 3 is 3.05 bits per heavy atom. The highest BCUT2D eigenvalue weighted by Gasteiger charge is 2.23. The van der Waals surface area contributed by atoms with Crippen molar-refractivity contribution in [1.82, 2.24) is 0 Å². The van der Waals surface area contributed by atoms with Crippen LogP contribution >= 0.6 is 0 Å². The summed E-state index contributed by atoms with van der Waals surface area (Å²) in [6.07, 6.45) is 0.959. The Labute approximate surface area is 113 Å². The normalized spacial score (nSPS) is 19.3. The maximum atomic E-state index is 11.8. The zero-order chi connectivity index (χ0) is 13.7. The summed E-state index contributed by atoms with van der Waals surface area (Å²) in [6, 6.07) is 7.49. The Balaban J connectivity index is 2.19. The number of hydrogen-bond donors (Lipinski definition) is 1. The van der Waals surface area contributed by atoms with Crippen molar-refractivity contribution in [2.24, 2.45) is 5.73 Å². The van der Waals surface area contributed by atoms with Crippen LogP contribution in [0.4, 0.5) is 5.69 Å². The van der Waals surface area contributed by atoms with Gasteiger partial charge in [-0.3, -0.25) is 0 Å². The standard InChI is InChI=1S/C14H20N2O3/c1-18-14(17)12-4-2-3-5-13(12)16-8-9-19-11(10-16)6-7-15/h2-5,11H,6-10,15H2,1H3. The Morgan fingerprint density at radius 2 is 2.32 bits per heavy atom. The van der Waals surface area contributed by atoms with Crippen molar-refractivity contribution in [2.45, 2.75) is 12.5 Å². The Hall–Kier alpha value is -1.59. The molecule has 0 spiro atoms. The number of benzene rings is 1. The number of anilines is 1. The van der Waals surface area contributed by atoms with E-state index in [1.807, 2.05) is 18.2 Å². The van der Waals surface area contributed by atoms with Crippen LogP contribution in [0.25, 0.3) is 0 Å². The smallest absolute Gasteiger partial charge is 0.339 e. The number of para-hydroxylation sites is 1. The summed E-state index contributed by atoms with van der Waals surface area (Å²) in [6.45, 7) is 2.79. The average molecular weight is 264 g/mol. The molecule has 5 nitrogen and oxygen atoms in total. The number of nitrogens with zero attached hydrogens (tertiary/aromatic N) is 1. The molecule has 19 heavy (non-hydrogen) atoms. The van der Waals surface area contributed by atoms with Crippen LogP contribution in [0, 0.1) is 0 Å². The summed E-state index contributed by atoms with van der Waals surface area (Å²) < 4.78 is 10.5. The van der Waals surface area contributed by atoms with Crippen LogP contribution in [0.5, 0.6) is 0 Å². The summed E-state index contributed by atoms with van der Waals surface area (Å²) in [4.78, 5) is 13.9. The monoisotopic (exact) mass is 264 g/mol. The van der Waals surface area contributed by atoms with Crippen LogP contribution in [0.2, 0.25) is 0 Å². The lowest BCUT2D eigenvalue weighted by molar-refractivity contribution is 0.0365. The molecule has 1 heterocycles. The molecule has 0 radical (unpaired) electrons. The number of ether oxygens (including phenoxy) is 2. The van der Waals surface area contributed by atoms with Gasteiger partial charge in [-0.1, -0.05) is 12.1 Å². The number of methoxy groups -OCH3 is 1. The van der Waals surface area contributed by atoms with Gasteiger partial charge < -0.3 is 20.1 Å². The van der Waals surface area contributed by atoms with E-state index in [2.05, 4.69) is 4.90 Å². The van der Waals surface area contributed by atoms with E-state index in [0.29, 0.717) is 18.7 Å². The van der Waals surface area contributed by atoms with Gasteiger partial charge in [0.25, 0.3) is 0 Å². The highest BCUT2D eigenvalue weighted by molar-refractivity contribution is 5.95. The molecule has 1 atom stereocenters. The van der Waals surface area contributed by atoms with Gasteiger partial charge in [-0.15, -0.1) is 0 Å². The van der Waals surface area contributed by atoms with Gasteiger partial charge in [0.1, 0.15) is 0 Å². The Bertz CT molecular complexity index is 434. The van der Waals surface area contributed by atoms with E-state index >= 15 is 0 Å². The second kappa shape index (κ2) is 6.54. The summed E-state index contributed by atoms with van der Waals surface area (Å²) >= 11 is 0. The summed E-state index contributed by atoms with van der Waals surface area (Å²) in [5, 5.41) is 0. The minimum Gasteiger partial charge on any atom is -0.465 e. The number of nitrogens with two attached hydrogens (primary N) is 1. The van der Waals surface area contributed by atoms with Gasteiger partial charge in [-0.25, -0.2) is 4.79 Å². The molecule has 1 aliphatic heterocycles. The molecule has 1 aromatic carbocycles. The molecule has 0 aliphatic carbocycles.